The van der Waals surface area contributed by atoms with E-state index in [4.69, 9.17) is 15.0 Å². The largest absolute Gasteiger partial charge is 0.503 e. The van der Waals surface area contributed by atoms with Crippen molar-refractivity contribution in [2.75, 3.05) is 0 Å². The van der Waals surface area contributed by atoms with Crippen molar-refractivity contribution in [1.29, 1.82) is 0 Å². The van der Waals surface area contributed by atoms with Crippen LogP contribution in [0.25, 0.3) is 0 Å². The fraction of sp³-hybridized carbons (Fsp3) is 0.842. The number of carboxylic acid groups (broad SMARTS) is 2. The minimum atomic E-state index is -1.83. The molecular weight excluding hydrogens is 276 g/mol. The molecule has 0 aliphatic rings. The van der Waals surface area contributed by atoms with Gasteiger partial charge in [0.05, 0.1) is 0 Å². The van der Waals surface area contributed by atoms with Gasteiger partial charge in [-0.05, 0) is 25.7 Å². The summed E-state index contributed by atoms with van der Waals surface area (Å²) in [6.07, 6.45) is 22.6. The van der Waals surface area contributed by atoms with E-state index in [-0.39, 0.29) is 0 Å². The summed E-state index contributed by atoms with van der Waals surface area (Å²) in [7, 11) is 0. The summed E-state index contributed by atoms with van der Waals surface area (Å²) >= 11 is 0. The lowest BCUT2D eigenvalue weighted by Gasteiger charge is -1.98. The Bertz CT molecular complexity index is 215. The van der Waals surface area contributed by atoms with Gasteiger partial charge in [0.2, 0.25) is 0 Å². The van der Waals surface area contributed by atoms with Crippen LogP contribution in [0, 0.1) is 0 Å². The van der Waals surface area contributed by atoms with Crippen LogP contribution in [0.3, 0.4) is 0 Å². The van der Waals surface area contributed by atoms with Gasteiger partial charge in [0.15, 0.2) is 0 Å². The lowest BCUT2D eigenvalue weighted by Crippen LogP contribution is -1.81. The maximum absolute atomic E-state index is 8.56. The molecule has 0 spiro atoms. The molecule has 2 N–H and O–H groups in total. The first-order valence-corrected chi connectivity index (χ1v) is 9.22. The highest BCUT2D eigenvalue weighted by atomic mass is 16.6. The molecule has 22 heavy (non-hydrogen) atoms. The van der Waals surface area contributed by atoms with E-state index < -0.39 is 6.16 Å². The minimum Gasteiger partial charge on any atom is -0.450 e. The van der Waals surface area contributed by atoms with Gasteiger partial charge < -0.3 is 10.2 Å². The number of unbranched alkanes of at least 4 members (excludes halogenated alkanes) is 12. The summed E-state index contributed by atoms with van der Waals surface area (Å²) in [6, 6.07) is 0. The molecule has 132 valence electrons. The first kappa shape index (κ1) is 23.3. The summed E-state index contributed by atoms with van der Waals surface area (Å²) in [5.74, 6) is 0. The van der Waals surface area contributed by atoms with E-state index >= 15 is 0 Å². The normalized spacial score (nSPS) is 10.5. The fourth-order valence-corrected chi connectivity index (χ4v) is 2.32. The molecule has 0 atom stereocenters. The Hall–Kier alpha value is -0.990. The Morgan fingerprint density at radius 3 is 1.23 bits per heavy atom. The van der Waals surface area contributed by atoms with Crippen LogP contribution >= 0.6 is 0 Å². The number of rotatable bonds is 14. The van der Waals surface area contributed by atoms with E-state index in [1.54, 1.807) is 0 Å². The lowest BCUT2D eigenvalue weighted by atomic mass is 10.1. The van der Waals surface area contributed by atoms with E-state index in [1.807, 2.05) is 0 Å². The van der Waals surface area contributed by atoms with Crippen LogP contribution in [0.15, 0.2) is 12.2 Å². The molecular formula is C19H38O3. The minimum absolute atomic E-state index is 1.31. The van der Waals surface area contributed by atoms with E-state index in [2.05, 4.69) is 26.0 Å². The van der Waals surface area contributed by atoms with Crippen molar-refractivity contribution in [3.8, 4) is 0 Å². The highest BCUT2D eigenvalue weighted by Gasteiger charge is 1.89. The highest BCUT2D eigenvalue weighted by molar-refractivity contribution is 5.53. The van der Waals surface area contributed by atoms with Crippen LogP contribution < -0.4 is 0 Å². The maximum atomic E-state index is 8.56. The van der Waals surface area contributed by atoms with Gasteiger partial charge in [0.25, 0.3) is 0 Å². The van der Waals surface area contributed by atoms with Crippen molar-refractivity contribution in [1.82, 2.24) is 0 Å². The van der Waals surface area contributed by atoms with Crippen LogP contribution in [0.2, 0.25) is 0 Å². The van der Waals surface area contributed by atoms with Crippen molar-refractivity contribution in [2.24, 2.45) is 0 Å². The van der Waals surface area contributed by atoms with E-state index in [0.717, 1.165) is 0 Å². The second-order valence-electron chi connectivity index (χ2n) is 5.87. The second kappa shape index (κ2) is 22.3. The zero-order chi connectivity index (χ0) is 16.9. The predicted molar refractivity (Wildman–Crippen MR) is 95.8 cm³/mol. The maximum Gasteiger partial charge on any atom is 0.503 e. The first-order valence-electron chi connectivity index (χ1n) is 9.22. The smallest absolute Gasteiger partial charge is 0.450 e. The van der Waals surface area contributed by atoms with Crippen molar-refractivity contribution in [3.63, 3.8) is 0 Å². The zero-order valence-corrected chi connectivity index (χ0v) is 14.9. The van der Waals surface area contributed by atoms with Gasteiger partial charge in [-0.25, -0.2) is 4.79 Å². The first-order chi connectivity index (χ1) is 10.6. The molecule has 3 heteroatoms. The van der Waals surface area contributed by atoms with Crippen molar-refractivity contribution in [3.05, 3.63) is 12.2 Å². The van der Waals surface area contributed by atoms with Crippen molar-refractivity contribution >= 4 is 6.16 Å². The SMILES string of the molecule is CCCCCCCCC=CCCCCCCCC.O=C(O)O. The van der Waals surface area contributed by atoms with E-state index in [9.17, 15) is 0 Å². The van der Waals surface area contributed by atoms with Gasteiger partial charge in [-0.1, -0.05) is 90.2 Å². The fourth-order valence-electron chi connectivity index (χ4n) is 2.32. The average molecular weight is 315 g/mol. The van der Waals surface area contributed by atoms with E-state index in [0.29, 0.717) is 0 Å². The molecule has 0 saturated carbocycles. The van der Waals surface area contributed by atoms with Crippen LogP contribution in [0.4, 0.5) is 4.79 Å². The van der Waals surface area contributed by atoms with Gasteiger partial charge in [-0.3, -0.25) is 0 Å². The third-order valence-corrected chi connectivity index (χ3v) is 3.62. The summed E-state index contributed by atoms with van der Waals surface area (Å²) in [6.45, 7) is 4.57. The van der Waals surface area contributed by atoms with Crippen LogP contribution in [0.5, 0.6) is 0 Å². The molecule has 0 saturated heterocycles. The quantitative estimate of drug-likeness (QED) is 0.262. The lowest BCUT2D eigenvalue weighted by molar-refractivity contribution is 0.137. The monoisotopic (exact) mass is 314 g/mol. The molecule has 0 amide bonds. The zero-order valence-electron chi connectivity index (χ0n) is 14.9. The number of carbonyl (C=O) groups is 1. The van der Waals surface area contributed by atoms with Gasteiger partial charge in [0, 0.05) is 0 Å². The molecule has 0 aromatic carbocycles. The third-order valence-electron chi connectivity index (χ3n) is 3.62. The second-order valence-corrected chi connectivity index (χ2v) is 5.87. The predicted octanol–water partition coefficient (Wildman–Crippen LogP) is 7.27. The van der Waals surface area contributed by atoms with Gasteiger partial charge >= 0.3 is 6.16 Å². The summed E-state index contributed by atoms with van der Waals surface area (Å²) < 4.78 is 0. The molecule has 0 aromatic heterocycles. The number of allylic oxidation sites excluding steroid dienone is 2. The van der Waals surface area contributed by atoms with Crippen molar-refractivity contribution < 1.29 is 15.0 Å². The van der Waals surface area contributed by atoms with Gasteiger partial charge in [0.1, 0.15) is 0 Å². The highest BCUT2D eigenvalue weighted by Crippen LogP contribution is 2.09. The van der Waals surface area contributed by atoms with Crippen LogP contribution in [-0.2, 0) is 0 Å². The topological polar surface area (TPSA) is 57.5 Å². The molecule has 0 bridgehead atoms. The molecule has 0 aliphatic heterocycles. The average Bonchev–Trinajstić information content (AvgIpc) is 2.47. The van der Waals surface area contributed by atoms with Crippen LogP contribution in [0.1, 0.15) is 104 Å². The molecule has 3 nitrogen and oxygen atoms in total. The van der Waals surface area contributed by atoms with Crippen LogP contribution in [-0.4, -0.2) is 16.4 Å². The van der Waals surface area contributed by atoms with Crippen molar-refractivity contribution in [2.45, 2.75) is 104 Å². The Morgan fingerprint density at radius 2 is 0.909 bits per heavy atom. The summed E-state index contributed by atoms with van der Waals surface area (Å²) in [5, 5.41) is 13.9. The molecule has 0 heterocycles. The van der Waals surface area contributed by atoms with Gasteiger partial charge in [-0.2, -0.15) is 0 Å². The number of hydrogen-bond acceptors (Lipinski definition) is 1. The standard InChI is InChI=1S/C18H36.CH2O3/c1-3-5-7-9-11-13-15-17-18-16-14-12-10-8-6-4-2;2-1(3)4/h17-18H,3-16H2,1-2H3;(H2,2,3,4). The molecule has 0 aromatic rings. The Morgan fingerprint density at radius 1 is 0.636 bits per heavy atom. The molecule has 0 rings (SSSR count). The Balaban J connectivity index is 0. The Kier molecular flexibility index (Phi) is 23.6. The molecule has 0 unspecified atom stereocenters. The third kappa shape index (κ3) is 31.4. The number of hydrogen-bond donors (Lipinski definition) is 2. The van der Waals surface area contributed by atoms with Gasteiger partial charge in [-0.15, -0.1) is 0 Å². The molecule has 0 aliphatic carbocycles. The molecule has 0 radical (unpaired) electrons. The summed E-state index contributed by atoms with van der Waals surface area (Å²) in [5.41, 5.74) is 0. The molecule has 0 fully saturated rings. The van der Waals surface area contributed by atoms with E-state index in [1.165, 1.54) is 89.9 Å². The Labute approximate surface area is 137 Å². The summed E-state index contributed by atoms with van der Waals surface area (Å²) in [4.78, 5) is 8.56.